The fraction of sp³-hybridized carbons (Fsp3) is 0.300. The lowest BCUT2D eigenvalue weighted by molar-refractivity contribution is 0.235. The third-order valence-corrected chi connectivity index (χ3v) is 2.48. The van der Waals surface area contributed by atoms with E-state index in [0.717, 1.165) is 0 Å². The van der Waals surface area contributed by atoms with E-state index in [4.69, 9.17) is 14.7 Å². The van der Waals surface area contributed by atoms with Crippen molar-refractivity contribution in [3.05, 3.63) is 22.2 Å². The lowest BCUT2D eigenvalue weighted by atomic mass is 10.1. The Morgan fingerprint density at radius 1 is 1.40 bits per heavy atom. The van der Waals surface area contributed by atoms with Crippen LogP contribution in [0.15, 0.2) is 16.6 Å². The van der Waals surface area contributed by atoms with Crippen LogP contribution >= 0.6 is 15.9 Å². The van der Waals surface area contributed by atoms with Gasteiger partial charge in [0.05, 0.1) is 24.8 Å². The molecule has 5 heteroatoms. The first-order valence-corrected chi connectivity index (χ1v) is 4.92. The molecule has 0 spiro atoms. The number of halogens is 1. The number of nitrogens with zero attached hydrogens (tertiary/aromatic N) is 1. The van der Waals surface area contributed by atoms with Crippen molar-refractivity contribution in [3.8, 4) is 17.6 Å². The summed E-state index contributed by atoms with van der Waals surface area (Å²) in [6, 6.07) is 4.92. The number of hydrogen-bond donors (Lipinski definition) is 1. The fourth-order valence-corrected chi connectivity index (χ4v) is 1.79. The molecule has 0 unspecified atom stereocenters. The molecule has 0 aliphatic rings. The van der Waals surface area contributed by atoms with Gasteiger partial charge in [0.2, 0.25) is 0 Å². The molecule has 4 nitrogen and oxygen atoms in total. The van der Waals surface area contributed by atoms with Crippen molar-refractivity contribution in [3.63, 3.8) is 0 Å². The number of aliphatic hydroxyl groups excluding tert-OH is 1. The van der Waals surface area contributed by atoms with Gasteiger partial charge in [0, 0.05) is 0 Å². The van der Waals surface area contributed by atoms with Crippen LogP contribution in [0.2, 0.25) is 0 Å². The fourth-order valence-electron chi connectivity index (χ4n) is 1.17. The number of aliphatic hydroxyl groups is 1. The van der Waals surface area contributed by atoms with E-state index in [1.807, 2.05) is 0 Å². The maximum atomic E-state index is 9.36. The van der Waals surface area contributed by atoms with Gasteiger partial charge in [-0.2, -0.15) is 5.26 Å². The number of ether oxygens (including phenoxy) is 2. The summed E-state index contributed by atoms with van der Waals surface area (Å²) in [5.74, 6) is 1.00. The lowest BCUT2D eigenvalue weighted by Crippen LogP contribution is -1.97. The van der Waals surface area contributed by atoms with E-state index in [1.165, 1.54) is 14.2 Å². The van der Waals surface area contributed by atoms with Gasteiger partial charge < -0.3 is 14.6 Å². The number of rotatable bonds is 3. The summed E-state index contributed by atoms with van der Waals surface area (Å²) in [7, 11) is 3.01. The molecule has 0 radical (unpaired) electrons. The van der Waals surface area contributed by atoms with E-state index in [2.05, 4.69) is 15.9 Å². The molecule has 1 N–H and O–H groups in total. The molecule has 0 saturated carbocycles. The van der Waals surface area contributed by atoms with Gasteiger partial charge in [0.1, 0.15) is 0 Å². The Balaban J connectivity index is 3.26. The van der Waals surface area contributed by atoms with Crippen molar-refractivity contribution >= 4 is 15.9 Å². The molecule has 0 bridgehead atoms. The first-order chi connectivity index (χ1) is 7.13. The smallest absolute Gasteiger partial charge is 0.174 e. The zero-order valence-corrected chi connectivity index (χ0v) is 9.91. The zero-order valence-electron chi connectivity index (χ0n) is 8.32. The standard InChI is InChI=1S/C10H10BrNO3/c1-14-9-4-6(8(13)5-12)3-7(11)10(9)15-2/h3-4,8,13H,1-2H3/t8-/m0/s1. The second-order valence-corrected chi connectivity index (χ2v) is 3.62. The zero-order chi connectivity index (χ0) is 11.4. The van der Waals surface area contributed by atoms with Crippen LogP contribution in [0.1, 0.15) is 11.7 Å². The molecule has 1 aromatic carbocycles. The quantitative estimate of drug-likeness (QED) is 0.855. The number of nitriles is 1. The lowest BCUT2D eigenvalue weighted by Gasteiger charge is -2.12. The predicted octanol–water partition coefficient (Wildman–Crippen LogP) is 2.02. The van der Waals surface area contributed by atoms with Crippen LogP contribution in [-0.4, -0.2) is 19.3 Å². The maximum Gasteiger partial charge on any atom is 0.174 e. The SMILES string of the molecule is COc1cc([C@@H](O)C#N)cc(Br)c1OC. The monoisotopic (exact) mass is 271 g/mol. The number of methoxy groups -OCH3 is 2. The van der Waals surface area contributed by atoms with E-state index in [0.29, 0.717) is 21.5 Å². The normalized spacial score (nSPS) is 11.7. The van der Waals surface area contributed by atoms with Crippen LogP contribution in [0.5, 0.6) is 11.5 Å². The van der Waals surface area contributed by atoms with Crippen LogP contribution in [-0.2, 0) is 0 Å². The molecular weight excluding hydrogens is 262 g/mol. The van der Waals surface area contributed by atoms with E-state index in [1.54, 1.807) is 18.2 Å². The second kappa shape index (κ2) is 5.01. The highest BCUT2D eigenvalue weighted by Gasteiger charge is 2.14. The van der Waals surface area contributed by atoms with E-state index in [9.17, 15) is 5.11 Å². The minimum atomic E-state index is -1.17. The highest BCUT2D eigenvalue weighted by Crippen LogP contribution is 2.37. The molecule has 0 saturated heterocycles. The minimum Gasteiger partial charge on any atom is -0.493 e. The summed E-state index contributed by atoms with van der Waals surface area (Å²) in [6.45, 7) is 0. The summed E-state index contributed by atoms with van der Waals surface area (Å²) in [5.41, 5.74) is 0.460. The summed E-state index contributed by atoms with van der Waals surface area (Å²) in [5, 5.41) is 17.9. The molecule has 0 aliphatic heterocycles. The van der Waals surface area contributed by atoms with Gasteiger partial charge in [-0.05, 0) is 33.6 Å². The first-order valence-electron chi connectivity index (χ1n) is 4.13. The Kier molecular flexibility index (Phi) is 3.95. The van der Waals surface area contributed by atoms with Crippen LogP contribution < -0.4 is 9.47 Å². The number of benzene rings is 1. The largest absolute Gasteiger partial charge is 0.493 e. The molecule has 0 heterocycles. The molecule has 1 atom stereocenters. The van der Waals surface area contributed by atoms with Gasteiger partial charge in [0.15, 0.2) is 17.6 Å². The van der Waals surface area contributed by atoms with Crippen molar-refractivity contribution in [2.24, 2.45) is 0 Å². The molecule has 1 aromatic rings. The average Bonchev–Trinajstić information content (AvgIpc) is 2.26. The van der Waals surface area contributed by atoms with E-state index >= 15 is 0 Å². The van der Waals surface area contributed by atoms with Crippen LogP contribution in [0, 0.1) is 11.3 Å². The van der Waals surface area contributed by atoms with Crippen molar-refractivity contribution in [1.29, 1.82) is 5.26 Å². The predicted molar refractivity (Wildman–Crippen MR) is 57.8 cm³/mol. The Morgan fingerprint density at radius 3 is 2.53 bits per heavy atom. The second-order valence-electron chi connectivity index (χ2n) is 2.77. The molecular formula is C10H10BrNO3. The summed E-state index contributed by atoms with van der Waals surface area (Å²) >= 11 is 3.27. The van der Waals surface area contributed by atoms with Gasteiger partial charge in [0.25, 0.3) is 0 Å². The van der Waals surface area contributed by atoms with Crippen LogP contribution in [0.25, 0.3) is 0 Å². The molecule has 15 heavy (non-hydrogen) atoms. The van der Waals surface area contributed by atoms with Crippen LogP contribution in [0.3, 0.4) is 0 Å². The van der Waals surface area contributed by atoms with Crippen molar-refractivity contribution in [2.45, 2.75) is 6.10 Å². The van der Waals surface area contributed by atoms with Crippen molar-refractivity contribution in [2.75, 3.05) is 14.2 Å². The highest BCUT2D eigenvalue weighted by atomic mass is 79.9. The van der Waals surface area contributed by atoms with Gasteiger partial charge in [-0.3, -0.25) is 0 Å². The summed E-state index contributed by atoms with van der Waals surface area (Å²) in [6.07, 6.45) is -1.17. The Bertz CT molecular complexity index is 400. The molecule has 1 rings (SSSR count). The van der Waals surface area contributed by atoms with Gasteiger partial charge in [-0.1, -0.05) is 0 Å². The van der Waals surface area contributed by atoms with Gasteiger partial charge >= 0.3 is 0 Å². The third kappa shape index (κ3) is 2.41. The molecule has 0 amide bonds. The average molecular weight is 272 g/mol. The highest BCUT2D eigenvalue weighted by molar-refractivity contribution is 9.10. The third-order valence-electron chi connectivity index (χ3n) is 1.89. The maximum absolute atomic E-state index is 9.36. The van der Waals surface area contributed by atoms with Crippen LogP contribution in [0.4, 0.5) is 0 Å². The molecule has 0 aromatic heterocycles. The summed E-state index contributed by atoms with van der Waals surface area (Å²) in [4.78, 5) is 0. The van der Waals surface area contributed by atoms with Crippen molar-refractivity contribution in [1.82, 2.24) is 0 Å². The Morgan fingerprint density at radius 2 is 2.07 bits per heavy atom. The minimum absolute atomic E-state index is 0.460. The topological polar surface area (TPSA) is 62.5 Å². The molecule has 0 fully saturated rings. The molecule has 80 valence electrons. The summed E-state index contributed by atoms with van der Waals surface area (Å²) < 4.78 is 10.8. The Hall–Kier alpha value is -1.25. The van der Waals surface area contributed by atoms with E-state index in [-0.39, 0.29) is 0 Å². The van der Waals surface area contributed by atoms with Gasteiger partial charge in [-0.25, -0.2) is 0 Å². The van der Waals surface area contributed by atoms with E-state index < -0.39 is 6.10 Å². The van der Waals surface area contributed by atoms with Crippen molar-refractivity contribution < 1.29 is 14.6 Å². The molecule has 0 aliphatic carbocycles. The van der Waals surface area contributed by atoms with Gasteiger partial charge in [-0.15, -0.1) is 0 Å². The first kappa shape index (κ1) is 11.8. The Labute approximate surface area is 96.2 Å². The number of hydrogen-bond acceptors (Lipinski definition) is 4.